The monoisotopic (exact) mass is 390 g/mol. The second-order valence-corrected chi connectivity index (χ2v) is 7.88. The van der Waals surface area contributed by atoms with E-state index in [9.17, 15) is 4.79 Å². The van der Waals surface area contributed by atoms with E-state index in [1.165, 1.54) is 5.56 Å². The van der Waals surface area contributed by atoms with E-state index in [0.717, 1.165) is 0 Å². The molecule has 2 aromatic carbocycles. The molecule has 0 saturated carbocycles. The van der Waals surface area contributed by atoms with Gasteiger partial charge in [0.15, 0.2) is 5.82 Å². The summed E-state index contributed by atoms with van der Waals surface area (Å²) in [5, 5.41) is 4.04. The highest BCUT2D eigenvalue weighted by Gasteiger charge is 2.36. The van der Waals surface area contributed by atoms with Gasteiger partial charge in [0.25, 0.3) is 11.8 Å². The van der Waals surface area contributed by atoms with Crippen molar-refractivity contribution in [2.24, 2.45) is 11.7 Å². The van der Waals surface area contributed by atoms with Crippen molar-refractivity contribution in [1.82, 2.24) is 15.0 Å². The Balaban J connectivity index is 1.62. The third-order valence-corrected chi connectivity index (χ3v) is 5.60. The van der Waals surface area contributed by atoms with Crippen molar-refractivity contribution in [3.05, 3.63) is 71.5 Å². The van der Waals surface area contributed by atoms with E-state index in [2.05, 4.69) is 22.3 Å². The minimum atomic E-state index is -0.0261. The van der Waals surface area contributed by atoms with Crippen molar-refractivity contribution in [2.75, 3.05) is 19.6 Å². The lowest BCUT2D eigenvalue weighted by Crippen LogP contribution is -2.30. The van der Waals surface area contributed by atoms with Crippen molar-refractivity contribution in [3.8, 4) is 11.5 Å². The molecule has 4 rings (SSSR count). The highest BCUT2D eigenvalue weighted by Crippen LogP contribution is 2.34. The summed E-state index contributed by atoms with van der Waals surface area (Å²) in [6, 6.07) is 17.7. The summed E-state index contributed by atoms with van der Waals surface area (Å²) >= 11 is 0. The van der Waals surface area contributed by atoms with Crippen molar-refractivity contribution in [3.63, 3.8) is 0 Å². The van der Waals surface area contributed by atoms with Crippen molar-refractivity contribution in [1.29, 1.82) is 0 Å². The highest BCUT2D eigenvalue weighted by molar-refractivity contribution is 6.00. The molecule has 0 spiro atoms. The summed E-state index contributed by atoms with van der Waals surface area (Å²) in [6.07, 6.45) is 0. The van der Waals surface area contributed by atoms with Crippen LogP contribution in [-0.2, 0) is 0 Å². The Morgan fingerprint density at radius 1 is 1.14 bits per heavy atom. The Morgan fingerprint density at radius 2 is 1.86 bits per heavy atom. The van der Waals surface area contributed by atoms with Crippen LogP contribution in [-0.4, -0.2) is 40.6 Å². The largest absolute Gasteiger partial charge is 0.338 e. The molecule has 1 aliphatic heterocycles. The fraction of sp³-hybridized carbons (Fsp3) is 0.348. The fourth-order valence-corrected chi connectivity index (χ4v) is 3.96. The van der Waals surface area contributed by atoms with Crippen LogP contribution >= 0.6 is 0 Å². The third kappa shape index (κ3) is 3.80. The van der Waals surface area contributed by atoms with E-state index < -0.39 is 0 Å². The predicted molar refractivity (Wildman–Crippen MR) is 111 cm³/mol. The summed E-state index contributed by atoms with van der Waals surface area (Å²) in [5.74, 6) is 1.63. The number of rotatable bonds is 5. The second kappa shape index (κ2) is 8.17. The second-order valence-electron chi connectivity index (χ2n) is 7.88. The van der Waals surface area contributed by atoms with Crippen LogP contribution in [0, 0.1) is 5.92 Å². The van der Waals surface area contributed by atoms with Gasteiger partial charge in [0.1, 0.15) is 0 Å². The molecular weight excluding hydrogens is 364 g/mol. The van der Waals surface area contributed by atoms with Crippen LogP contribution < -0.4 is 5.73 Å². The van der Waals surface area contributed by atoms with Gasteiger partial charge in [-0.1, -0.05) is 61.5 Å². The topological polar surface area (TPSA) is 85.2 Å². The maximum absolute atomic E-state index is 13.4. The zero-order valence-corrected chi connectivity index (χ0v) is 16.8. The molecule has 1 amide bonds. The Morgan fingerprint density at radius 3 is 2.55 bits per heavy atom. The number of benzene rings is 2. The van der Waals surface area contributed by atoms with Crippen LogP contribution in [0.1, 0.15) is 47.4 Å². The van der Waals surface area contributed by atoms with E-state index in [-0.39, 0.29) is 23.7 Å². The average molecular weight is 390 g/mol. The smallest absolute Gasteiger partial charge is 0.258 e. The number of amides is 1. The van der Waals surface area contributed by atoms with Gasteiger partial charge in [0.2, 0.25) is 0 Å². The van der Waals surface area contributed by atoms with Gasteiger partial charge in [-0.25, -0.2) is 0 Å². The van der Waals surface area contributed by atoms with Gasteiger partial charge in [-0.2, -0.15) is 4.98 Å². The van der Waals surface area contributed by atoms with Crippen LogP contribution in [0.15, 0.2) is 59.1 Å². The summed E-state index contributed by atoms with van der Waals surface area (Å²) in [4.78, 5) is 19.8. The van der Waals surface area contributed by atoms with Crippen LogP contribution in [0.4, 0.5) is 0 Å². The normalized spacial score (nSPS) is 19.1. The first-order valence-corrected chi connectivity index (χ1v) is 10.1. The molecule has 6 nitrogen and oxygen atoms in total. The van der Waals surface area contributed by atoms with Gasteiger partial charge < -0.3 is 15.2 Å². The molecule has 2 atom stereocenters. The number of carbonyl (C=O) groups is 1. The minimum Gasteiger partial charge on any atom is -0.338 e. The maximum atomic E-state index is 13.4. The van der Waals surface area contributed by atoms with Crippen LogP contribution in [0.2, 0.25) is 0 Å². The van der Waals surface area contributed by atoms with E-state index in [1.54, 1.807) is 0 Å². The van der Waals surface area contributed by atoms with Crippen LogP contribution in [0.3, 0.4) is 0 Å². The molecule has 2 heterocycles. The van der Waals surface area contributed by atoms with Gasteiger partial charge in [0, 0.05) is 24.9 Å². The van der Waals surface area contributed by atoms with Crippen molar-refractivity contribution < 1.29 is 9.32 Å². The number of aromatic nitrogens is 2. The molecule has 29 heavy (non-hydrogen) atoms. The van der Waals surface area contributed by atoms with Gasteiger partial charge in [-0.15, -0.1) is 0 Å². The molecule has 1 fully saturated rings. The summed E-state index contributed by atoms with van der Waals surface area (Å²) in [6.45, 7) is 5.86. The zero-order valence-electron chi connectivity index (χ0n) is 16.8. The fourth-order valence-electron chi connectivity index (χ4n) is 3.96. The Labute approximate surface area is 170 Å². The van der Waals surface area contributed by atoms with Gasteiger partial charge in [-0.05, 0) is 30.2 Å². The van der Waals surface area contributed by atoms with E-state index >= 15 is 0 Å². The summed E-state index contributed by atoms with van der Waals surface area (Å²) in [7, 11) is 0. The molecule has 2 N–H and O–H groups in total. The van der Waals surface area contributed by atoms with E-state index in [4.69, 9.17) is 10.3 Å². The lowest BCUT2D eigenvalue weighted by Gasteiger charge is -2.18. The first-order valence-electron chi connectivity index (χ1n) is 10.1. The quantitative estimate of drug-likeness (QED) is 0.718. The molecular formula is C23H26N4O2. The van der Waals surface area contributed by atoms with Gasteiger partial charge >= 0.3 is 0 Å². The number of nitrogens with two attached hydrogens (primary N) is 1. The summed E-state index contributed by atoms with van der Waals surface area (Å²) in [5.41, 5.74) is 8.52. The zero-order chi connectivity index (χ0) is 20.4. The van der Waals surface area contributed by atoms with Crippen molar-refractivity contribution in [2.45, 2.75) is 25.7 Å². The minimum absolute atomic E-state index is 0.0261. The molecule has 1 aromatic heterocycles. The number of hydrogen-bond acceptors (Lipinski definition) is 5. The van der Waals surface area contributed by atoms with Gasteiger partial charge in [0.05, 0.1) is 11.1 Å². The molecule has 1 aliphatic rings. The van der Waals surface area contributed by atoms with E-state index in [1.807, 2.05) is 61.2 Å². The SMILES string of the molecule is CC(C)c1noc(-c2ccccc2C(=O)N2C[C@@H](CN)[C@H](c3ccccc3)C2)n1. The molecule has 1 saturated heterocycles. The Kier molecular flexibility index (Phi) is 5.45. The molecule has 0 aliphatic carbocycles. The van der Waals surface area contributed by atoms with Crippen LogP contribution in [0.25, 0.3) is 11.5 Å². The lowest BCUT2D eigenvalue weighted by atomic mass is 9.89. The van der Waals surface area contributed by atoms with Gasteiger partial charge in [-0.3, -0.25) is 4.79 Å². The lowest BCUT2D eigenvalue weighted by molar-refractivity contribution is 0.0787. The highest BCUT2D eigenvalue weighted by atomic mass is 16.5. The maximum Gasteiger partial charge on any atom is 0.258 e. The molecule has 6 heteroatoms. The van der Waals surface area contributed by atoms with Crippen molar-refractivity contribution >= 4 is 5.91 Å². The number of nitrogens with zero attached hydrogens (tertiary/aromatic N) is 3. The molecule has 0 bridgehead atoms. The number of likely N-dealkylation sites (tertiary alicyclic amines) is 1. The number of hydrogen-bond donors (Lipinski definition) is 1. The molecule has 150 valence electrons. The summed E-state index contributed by atoms with van der Waals surface area (Å²) < 4.78 is 5.45. The standard InChI is InChI=1S/C23H26N4O2/c1-15(2)21-25-22(29-26-21)18-10-6-7-11-19(18)23(28)27-13-17(12-24)20(14-27)16-8-4-3-5-9-16/h3-11,15,17,20H,12-14,24H2,1-2H3/t17-,20+/m1/s1. The first-order chi connectivity index (χ1) is 14.1. The third-order valence-electron chi connectivity index (χ3n) is 5.60. The van der Waals surface area contributed by atoms with E-state index in [0.29, 0.717) is 42.5 Å². The molecule has 3 aromatic rings. The Bertz CT molecular complexity index is 983. The molecule has 0 radical (unpaired) electrons. The number of carbonyl (C=O) groups excluding carboxylic acids is 1. The molecule has 0 unspecified atom stereocenters. The predicted octanol–water partition coefficient (Wildman–Crippen LogP) is 3.67. The average Bonchev–Trinajstić information content (AvgIpc) is 3.41. The first kappa shape index (κ1) is 19.3. The van der Waals surface area contributed by atoms with Crippen LogP contribution in [0.5, 0.6) is 0 Å². The Hall–Kier alpha value is -2.99.